The molecule has 2 heterocycles. The van der Waals surface area contributed by atoms with Gasteiger partial charge in [0.05, 0.1) is 16.6 Å². The number of hydrogen-bond acceptors (Lipinski definition) is 4. The predicted octanol–water partition coefficient (Wildman–Crippen LogP) is 3.61. The van der Waals surface area contributed by atoms with E-state index in [1.807, 2.05) is 67.5 Å². The van der Waals surface area contributed by atoms with Crippen molar-refractivity contribution in [3.8, 4) is 0 Å². The highest BCUT2D eigenvalue weighted by atomic mass is 16.2. The first-order valence-corrected chi connectivity index (χ1v) is 10.7. The zero-order valence-electron chi connectivity index (χ0n) is 17.7. The number of hydrogen-bond donors (Lipinski definition) is 1. The first kappa shape index (κ1) is 19.5. The number of carbonyl (C=O) groups excluding carboxylic acids is 1. The third-order valence-electron chi connectivity index (χ3n) is 6.64. The Balaban J connectivity index is 1.34. The SMILES string of the molecule is CN(C(=O)c1nn(C)c2ccccc12)C1CCC(c2n[nH]c(=O)c3ccccc23)CC1. The molecule has 0 bridgehead atoms. The number of para-hydroxylation sites is 1. The number of nitrogens with one attached hydrogen (secondary N) is 1. The van der Waals surface area contributed by atoms with Crippen LogP contribution >= 0.6 is 0 Å². The third-order valence-corrected chi connectivity index (χ3v) is 6.64. The van der Waals surface area contributed by atoms with Crippen molar-refractivity contribution in [3.63, 3.8) is 0 Å². The zero-order chi connectivity index (χ0) is 21.5. The van der Waals surface area contributed by atoms with Crippen LogP contribution in [0, 0.1) is 0 Å². The highest BCUT2D eigenvalue weighted by molar-refractivity contribution is 6.04. The van der Waals surface area contributed by atoms with Gasteiger partial charge < -0.3 is 4.90 Å². The number of rotatable bonds is 3. The normalized spacial score (nSPS) is 19.0. The molecule has 1 aliphatic rings. The second-order valence-corrected chi connectivity index (χ2v) is 8.39. The van der Waals surface area contributed by atoms with E-state index in [9.17, 15) is 9.59 Å². The fourth-order valence-corrected chi connectivity index (χ4v) is 4.89. The quantitative estimate of drug-likeness (QED) is 0.554. The number of H-pyrrole nitrogens is 1. The van der Waals surface area contributed by atoms with Crippen molar-refractivity contribution in [1.82, 2.24) is 24.9 Å². The summed E-state index contributed by atoms with van der Waals surface area (Å²) in [4.78, 5) is 27.2. The van der Waals surface area contributed by atoms with Gasteiger partial charge in [-0.25, -0.2) is 5.10 Å². The van der Waals surface area contributed by atoms with Crippen molar-refractivity contribution in [2.24, 2.45) is 7.05 Å². The van der Waals surface area contributed by atoms with Gasteiger partial charge in [-0.15, -0.1) is 0 Å². The van der Waals surface area contributed by atoms with Crippen molar-refractivity contribution in [2.75, 3.05) is 7.05 Å². The summed E-state index contributed by atoms with van der Waals surface area (Å²) in [5, 5.41) is 14.0. The highest BCUT2D eigenvalue weighted by Crippen LogP contribution is 2.36. The lowest BCUT2D eigenvalue weighted by atomic mass is 9.82. The van der Waals surface area contributed by atoms with Crippen molar-refractivity contribution >= 4 is 27.6 Å². The molecule has 2 aromatic carbocycles. The Morgan fingerprint density at radius 3 is 2.39 bits per heavy atom. The molecule has 7 nitrogen and oxygen atoms in total. The number of carbonyl (C=O) groups is 1. The van der Waals surface area contributed by atoms with Gasteiger partial charge in [-0.1, -0.05) is 36.4 Å². The summed E-state index contributed by atoms with van der Waals surface area (Å²) in [6.07, 6.45) is 3.64. The molecular formula is C24H25N5O2. The van der Waals surface area contributed by atoms with E-state index in [0.29, 0.717) is 11.1 Å². The van der Waals surface area contributed by atoms with Gasteiger partial charge in [-0.3, -0.25) is 14.3 Å². The van der Waals surface area contributed by atoms with Crippen LogP contribution in [-0.2, 0) is 7.05 Å². The maximum Gasteiger partial charge on any atom is 0.274 e. The molecule has 0 aliphatic heterocycles. The Bertz CT molecular complexity index is 1330. The Morgan fingerprint density at radius 2 is 1.65 bits per heavy atom. The minimum Gasteiger partial charge on any atom is -0.337 e. The maximum absolute atomic E-state index is 13.2. The fraction of sp³-hybridized carbons (Fsp3) is 0.333. The van der Waals surface area contributed by atoms with Crippen LogP contribution in [0.25, 0.3) is 21.7 Å². The van der Waals surface area contributed by atoms with Gasteiger partial charge in [0.15, 0.2) is 5.69 Å². The van der Waals surface area contributed by atoms with E-state index in [0.717, 1.165) is 47.7 Å². The molecule has 31 heavy (non-hydrogen) atoms. The molecule has 5 rings (SSSR count). The first-order valence-electron chi connectivity index (χ1n) is 10.7. The van der Waals surface area contributed by atoms with Crippen LogP contribution in [0.2, 0.25) is 0 Å². The van der Waals surface area contributed by atoms with Crippen LogP contribution in [0.4, 0.5) is 0 Å². The molecule has 0 atom stereocenters. The molecule has 2 aromatic heterocycles. The van der Waals surface area contributed by atoms with Crippen molar-refractivity contribution < 1.29 is 4.79 Å². The lowest BCUT2D eigenvalue weighted by Gasteiger charge is -2.34. The molecule has 1 fully saturated rings. The van der Waals surface area contributed by atoms with Crippen molar-refractivity contribution in [3.05, 3.63) is 70.3 Å². The number of nitrogens with zero attached hydrogens (tertiary/aromatic N) is 4. The topological polar surface area (TPSA) is 83.9 Å². The monoisotopic (exact) mass is 415 g/mol. The van der Waals surface area contributed by atoms with Crippen molar-refractivity contribution in [1.29, 1.82) is 0 Å². The van der Waals surface area contributed by atoms with Gasteiger partial charge in [-0.2, -0.15) is 10.2 Å². The van der Waals surface area contributed by atoms with Crippen molar-refractivity contribution in [2.45, 2.75) is 37.6 Å². The molecule has 1 N–H and O–H groups in total. The molecule has 1 aliphatic carbocycles. The number of fused-ring (bicyclic) bond motifs is 2. The molecule has 1 amide bonds. The molecule has 4 aromatic rings. The summed E-state index contributed by atoms with van der Waals surface area (Å²) in [6, 6.07) is 15.6. The van der Waals surface area contributed by atoms with Crippen LogP contribution in [0.5, 0.6) is 0 Å². The zero-order valence-corrected chi connectivity index (χ0v) is 17.7. The molecule has 0 radical (unpaired) electrons. The smallest absolute Gasteiger partial charge is 0.274 e. The van der Waals surface area contributed by atoms with Crippen LogP contribution in [0.15, 0.2) is 53.3 Å². The number of aryl methyl sites for hydroxylation is 1. The van der Waals surface area contributed by atoms with E-state index in [1.54, 1.807) is 4.68 Å². The summed E-state index contributed by atoms with van der Waals surface area (Å²) >= 11 is 0. The Morgan fingerprint density at radius 1 is 1.00 bits per heavy atom. The molecule has 0 unspecified atom stereocenters. The molecule has 1 saturated carbocycles. The molecule has 0 spiro atoms. The van der Waals surface area contributed by atoms with Gasteiger partial charge in [0.1, 0.15) is 0 Å². The van der Waals surface area contributed by atoms with Gasteiger partial charge in [0.2, 0.25) is 0 Å². The van der Waals surface area contributed by atoms with E-state index < -0.39 is 0 Å². The van der Waals surface area contributed by atoms with Gasteiger partial charge in [0.25, 0.3) is 11.5 Å². The molecular weight excluding hydrogens is 390 g/mol. The maximum atomic E-state index is 13.2. The third kappa shape index (κ3) is 3.30. The number of amides is 1. The number of aromatic nitrogens is 4. The van der Waals surface area contributed by atoms with E-state index in [-0.39, 0.29) is 23.4 Å². The van der Waals surface area contributed by atoms with Gasteiger partial charge in [0, 0.05) is 36.8 Å². The van der Waals surface area contributed by atoms with E-state index >= 15 is 0 Å². The Labute approximate surface area is 179 Å². The lowest BCUT2D eigenvalue weighted by molar-refractivity contribution is 0.0684. The summed E-state index contributed by atoms with van der Waals surface area (Å²) in [5.41, 5.74) is 2.27. The second kappa shape index (κ2) is 7.65. The summed E-state index contributed by atoms with van der Waals surface area (Å²) in [5.74, 6) is 0.241. The van der Waals surface area contributed by atoms with E-state index in [2.05, 4.69) is 15.3 Å². The fourth-order valence-electron chi connectivity index (χ4n) is 4.89. The largest absolute Gasteiger partial charge is 0.337 e. The second-order valence-electron chi connectivity index (χ2n) is 8.39. The summed E-state index contributed by atoms with van der Waals surface area (Å²) < 4.78 is 1.76. The predicted molar refractivity (Wildman–Crippen MR) is 120 cm³/mol. The Kier molecular flexibility index (Phi) is 4.81. The van der Waals surface area contributed by atoms with Gasteiger partial charge in [-0.05, 0) is 37.8 Å². The average molecular weight is 415 g/mol. The minimum absolute atomic E-state index is 0.0344. The highest BCUT2D eigenvalue weighted by Gasteiger charge is 2.31. The van der Waals surface area contributed by atoms with Crippen LogP contribution in [-0.4, -0.2) is 43.9 Å². The van der Waals surface area contributed by atoms with Crippen LogP contribution < -0.4 is 5.56 Å². The summed E-state index contributed by atoms with van der Waals surface area (Å²) in [6.45, 7) is 0. The van der Waals surface area contributed by atoms with Crippen LogP contribution in [0.1, 0.15) is 47.8 Å². The number of aromatic amines is 1. The average Bonchev–Trinajstić information content (AvgIpc) is 3.15. The Hall–Kier alpha value is -3.48. The standard InChI is InChI=1S/C24H25N5O2/c1-28(24(31)22-19-9-5-6-10-20(19)29(2)27-22)16-13-11-15(12-14-16)21-17-7-3-4-8-18(17)23(30)26-25-21/h3-10,15-16H,11-14H2,1-2H3,(H,26,30). The molecule has 0 saturated heterocycles. The van der Waals surface area contributed by atoms with E-state index in [4.69, 9.17) is 0 Å². The van der Waals surface area contributed by atoms with Crippen LogP contribution in [0.3, 0.4) is 0 Å². The molecule has 7 heteroatoms. The first-order chi connectivity index (χ1) is 15.0. The minimum atomic E-state index is -0.152. The van der Waals surface area contributed by atoms with E-state index in [1.165, 1.54) is 0 Å². The number of benzene rings is 2. The molecule has 158 valence electrons. The summed E-state index contributed by atoms with van der Waals surface area (Å²) in [7, 11) is 3.75. The van der Waals surface area contributed by atoms with Gasteiger partial charge >= 0.3 is 0 Å². The lowest BCUT2D eigenvalue weighted by Crippen LogP contribution is -2.39.